The third-order valence-corrected chi connectivity index (χ3v) is 6.34. The zero-order chi connectivity index (χ0) is 15.4. The first kappa shape index (κ1) is 14.5. The van der Waals surface area contributed by atoms with Crippen molar-refractivity contribution in [2.24, 2.45) is 11.8 Å². The maximum Gasteiger partial charge on any atom is 0.300 e. The third-order valence-electron chi connectivity index (χ3n) is 6.34. The van der Waals surface area contributed by atoms with Crippen molar-refractivity contribution in [1.29, 1.82) is 0 Å². The first-order valence-corrected chi connectivity index (χ1v) is 8.64. The van der Waals surface area contributed by atoms with Crippen molar-refractivity contribution in [3.8, 4) is 0 Å². The van der Waals surface area contributed by atoms with Gasteiger partial charge >= 0.3 is 6.17 Å². The van der Waals surface area contributed by atoms with Gasteiger partial charge in [0.2, 0.25) is 5.91 Å². The van der Waals surface area contributed by atoms with Crippen LogP contribution in [0.25, 0.3) is 4.85 Å². The maximum absolute atomic E-state index is 12.4. The monoisotopic (exact) mass is 303 g/mol. The molecule has 0 aromatic rings. The molecule has 120 valence electrons. The molecule has 5 rings (SSSR count). The number of aliphatic hydroxyl groups is 1. The fourth-order valence-corrected chi connectivity index (χ4v) is 5.96. The van der Waals surface area contributed by atoms with Gasteiger partial charge in [0.25, 0.3) is 0 Å². The van der Waals surface area contributed by atoms with Gasteiger partial charge in [0.1, 0.15) is 0 Å². The number of hydrogen-bond acceptors (Lipinski definition) is 3. The largest absolute Gasteiger partial charge is 0.390 e. The van der Waals surface area contributed by atoms with Gasteiger partial charge in [-0.1, -0.05) is 0 Å². The van der Waals surface area contributed by atoms with Gasteiger partial charge < -0.3 is 10.4 Å². The number of amides is 1. The second-order valence-corrected chi connectivity index (χ2v) is 8.16. The Morgan fingerprint density at radius 2 is 2.05 bits per heavy atom. The lowest BCUT2D eigenvalue weighted by Gasteiger charge is -2.60. The summed E-state index contributed by atoms with van der Waals surface area (Å²) in [5.74, 6) is 1.30. The van der Waals surface area contributed by atoms with Crippen molar-refractivity contribution in [2.75, 3.05) is 13.1 Å². The molecule has 1 aliphatic heterocycles. The molecule has 22 heavy (non-hydrogen) atoms. The standard InChI is InChI=1S/C17H25N3O2/c1-18-14-3-2-4-20(14)15(21)10-19-16-6-12-5-13(7-16)9-17(22,8-12)11-16/h12-14,19,22H,2-11H2/t12?,13?,14-,16?,17?/m0/s1. The molecule has 1 saturated heterocycles. The van der Waals surface area contributed by atoms with Gasteiger partial charge in [-0.2, -0.15) is 0 Å². The predicted octanol–water partition coefficient (Wildman–Crippen LogP) is 1.53. The average molecular weight is 303 g/mol. The number of rotatable bonds is 3. The number of likely N-dealkylation sites (tertiary alicyclic amines) is 1. The Kier molecular flexibility index (Phi) is 3.25. The lowest BCUT2D eigenvalue weighted by Crippen LogP contribution is -2.65. The summed E-state index contributed by atoms with van der Waals surface area (Å²) in [6, 6.07) is 0. The van der Waals surface area contributed by atoms with Crippen LogP contribution in [0.3, 0.4) is 0 Å². The van der Waals surface area contributed by atoms with Crippen LogP contribution in [0.5, 0.6) is 0 Å². The maximum atomic E-state index is 12.4. The number of nitrogens with zero attached hydrogens (tertiary/aromatic N) is 2. The molecular weight excluding hydrogens is 278 g/mol. The summed E-state index contributed by atoms with van der Waals surface area (Å²) in [6.07, 6.45) is 7.65. The van der Waals surface area contributed by atoms with Crippen LogP contribution in [0.1, 0.15) is 51.4 Å². The molecule has 5 heteroatoms. The van der Waals surface area contributed by atoms with Gasteiger partial charge in [-0.3, -0.25) is 14.5 Å². The molecule has 1 heterocycles. The number of hydrogen-bond donors (Lipinski definition) is 2. The SMILES string of the molecule is [C-]#[N+][C@@H]1CCCN1C(=O)CNC12CC3CC(CC(O)(C3)C1)C2. The topological polar surface area (TPSA) is 56.9 Å². The molecule has 4 aliphatic carbocycles. The molecule has 5 fully saturated rings. The molecule has 2 N–H and O–H groups in total. The molecule has 3 atom stereocenters. The second-order valence-electron chi connectivity index (χ2n) is 8.16. The highest BCUT2D eigenvalue weighted by Gasteiger charge is 2.57. The Morgan fingerprint density at radius 1 is 1.32 bits per heavy atom. The fourth-order valence-electron chi connectivity index (χ4n) is 5.96. The van der Waals surface area contributed by atoms with E-state index in [0.29, 0.717) is 18.4 Å². The van der Waals surface area contributed by atoms with E-state index in [1.54, 1.807) is 4.90 Å². The van der Waals surface area contributed by atoms with E-state index in [4.69, 9.17) is 6.57 Å². The van der Waals surface area contributed by atoms with E-state index in [-0.39, 0.29) is 17.6 Å². The summed E-state index contributed by atoms with van der Waals surface area (Å²) in [7, 11) is 0. The smallest absolute Gasteiger partial charge is 0.300 e. The van der Waals surface area contributed by atoms with Crippen LogP contribution in [-0.2, 0) is 4.79 Å². The van der Waals surface area contributed by atoms with Crippen LogP contribution in [0.2, 0.25) is 0 Å². The van der Waals surface area contributed by atoms with E-state index < -0.39 is 5.60 Å². The molecule has 0 aromatic heterocycles. The molecule has 0 spiro atoms. The number of nitrogens with one attached hydrogen (secondary N) is 1. The molecule has 5 aliphatic rings. The van der Waals surface area contributed by atoms with Crippen molar-refractivity contribution in [3.05, 3.63) is 11.4 Å². The van der Waals surface area contributed by atoms with Crippen LogP contribution in [-0.4, -0.2) is 46.3 Å². The fraction of sp³-hybridized carbons (Fsp3) is 0.882. The summed E-state index contributed by atoms with van der Waals surface area (Å²) in [6.45, 7) is 8.24. The normalized spacial score (nSPS) is 46.0. The van der Waals surface area contributed by atoms with Crippen LogP contribution >= 0.6 is 0 Å². The van der Waals surface area contributed by atoms with Gasteiger partial charge in [-0.25, -0.2) is 6.57 Å². The highest BCUT2D eigenvalue weighted by atomic mass is 16.3. The van der Waals surface area contributed by atoms with E-state index in [1.807, 2.05) is 0 Å². The molecule has 5 nitrogen and oxygen atoms in total. The summed E-state index contributed by atoms with van der Waals surface area (Å²) in [5.41, 5.74) is -0.533. The van der Waals surface area contributed by atoms with E-state index in [2.05, 4.69) is 10.2 Å². The zero-order valence-electron chi connectivity index (χ0n) is 13.1. The Balaban J connectivity index is 1.41. The highest BCUT2D eigenvalue weighted by molar-refractivity contribution is 5.79. The van der Waals surface area contributed by atoms with Gasteiger partial charge in [0.15, 0.2) is 0 Å². The molecule has 2 unspecified atom stereocenters. The van der Waals surface area contributed by atoms with Gasteiger partial charge in [0, 0.05) is 18.5 Å². The van der Waals surface area contributed by atoms with Crippen molar-refractivity contribution in [3.63, 3.8) is 0 Å². The Labute approximate surface area is 131 Å². The Morgan fingerprint density at radius 3 is 2.68 bits per heavy atom. The second kappa shape index (κ2) is 4.94. The molecule has 0 radical (unpaired) electrons. The average Bonchev–Trinajstić information content (AvgIpc) is 2.90. The van der Waals surface area contributed by atoms with Crippen molar-refractivity contribution >= 4 is 5.91 Å². The number of carbonyl (C=O) groups excluding carboxylic acids is 1. The Bertz CT molecular complexity index is 512. The van der Waals surface area contributed by atoms with Crippen molar-refractivity contribution in [1.82, 2.24) is 10.2 Å². The minimum atomic E-state index is -0.493. The third kappa shape index (κ3) is 2.33. The summed E-state index contributed by atoms with van der Waals surface area (Å²) in [4.78, 5) is 17.7. The summed E-state index contributed by atoms with van der Waals surface area (Å²) < 4.78 is 0. The summed E-state index contributed by atoms with van der Waals surface area (Å²) >= 11 is 0. The van der Waals surface area contributed by atoms with E-state index in [1.165, 1.54) is 6.42 Å². The van der Waals surface area contributed by atoms with Gasteiger partial charge in [-0.05, 0) is 56.8 Å². The van der Waals surface area contributed by atoms with Crippen molar-refractivity contribution in [2.45, 2.75) is 68.7 Å². The Hall–Kier alpha value is -1.12. The van der Waals surface area contributed by atoms with Crippen LogP contribution < -0.4 is 5.32 Å². The molecule has 1 amide bonds. The molecule has 0 aromatic carbocycles. The first-order valence-electron chi connectivity index (χ1n) is 8.64. The van der Waals surface area contributed by atoms with Crippen LogP contribution in [0.15, 0.2) is 0 Å². The summed E-state index contributed by atoms with van der Waals surface area (Å²) in [5, 5.41) is 14.3. The van der Waals surface area contributed by atoms with Gasteiger partial charge in [-0.15, -0.1) is 0 Å². The minimum Gasteiger partial charge on any atom is -0.390 e. The first-order chi connectivity index (χ1) is 10.5. The predicted molar refractivity (Wildman–Crippen MR) is 81.7 cm³/mol. The van der Waals surface area contributed by atoms with E-state index in [9.17, 15) is 9.90 Å². The highest BCUT2D eigenvalue weighted by Crippen LogP contribution is 2.57. The zero-order valence-corrected chi connectivity index (χ0v) is 13.1. The van der Waals surface area contributed by atoms with Gasteiger partial charge in [0.05, 0.1) is 12.1 Å². The minimum absolute atomic E-state index is 0.0399. The van der Waals surface area contributed by atoms with Crippen molar-refractivity contribution < 1.29 is 9.90 Å². The molecule has 4 bridgehead atoms. The lowest BCUT2D eigenvalue weighted by molar-refractivity contribution is -0.147. The van der Waals surface area contributed by atoms with Crippen LogP contribution in [0, 0.1) is 18.4 Å². The van der Waals surface area contributed by atoms with E-state index in [0.717, 1.165) is 51.5 Å². The molecule has 4 saturated carbocycles. The number of carbonyl (C=O) groups is 1. The lowest BCUT2D eigenvalue weighted by atomic mass is 9.51. The molecular formula is C17H25N3O2. The van der Waals surface area contributed by atoms with E-state index >= 15 is 0 Å². The quantitative estimate of drug-likeness (QED) is 0.777. The van der Waals surface area contributed by atoms with Crippen LogP contribution in [0.4, 0.5) is 0 Å².